The van der Waals surface area contributed by atoms with E-state index >= 15 is 0 Å². The number of carbonyl (C=O) groups excluding carboxylic acids is 1. The van der Waals surface area contributed by atoms with E-state index in [0.29, 0.717) is 5.56 Å². The Hall–Kier alpha value is -1.57. The highest BCUT2D eigenvalue weighted by molar-refractivity contribution is 5.90. The summed E-state index contributed by atoms with van der Waals surface area (Å²) in [6.07, 6.45) is 15.9. The normalized spacial score (nSPS) is 25.9. The Morgan fingerprint density at radius 1 is 1.03 bits per heavy atom. The van der Waals surface area contributed by atoms with Gasteiger partial charge in [-0.2, -0.15) is 0 Å². The lowest BCUT2D eigenvalue weighted by Gasteiger charge is -2.28. The van der Waals surface area contributed by atoms with Crippen molar-refractivity contribution in [1.82, 2.24) is 0 Å². The van der Waals surface area contributed by atoms with Crippen molar-refractivity contribution in [3.63, 3.8) is 0 Å². The van der Waals surface area contributed by atoms with Crippen LogP contribution in [0.25, 0.3) is 5.57 Å². The minimum absolute atomic E-state index is 0.110. The smallest absolute Gasteiger partial charge is 0.338 e. The van der Waals surface area contributed by atoms with E-state index in [0.717, 1.165) is 37.0 Å². The number of hydrogen-bond acceptors (Lipinski definition) is 2. The second-order valence-corrected chi connectivity index (χ2v) is 9.53. The molecule has 29 heavy (non-hydrogen) atoms. The third-order valence-electron chi connectivity index (χ3n) is 7.21. The molecule has 2 aliphatic carbocycles. The summed E-state index contributed by atoms with van der Waals surface area (Å²) < 4.78 is 5.80. The van der Waals surface area contributed by atoms with Crippen molar-refractivity contribution in [2.75, 3.05) is 0 Å². The molecular weight excluding hydrogens is 356 g/mol. The molecule has 0 aromatic heterocycles. The first-order valence-electron chi connectivity index (χ1n) is 12.1. The van der Waals surface area contributed by atoms with Crippen LogP contribution in [0.1, 0.15) is 107 Å². The average Bonchev–Trinajstić information content (AvgIpc) is 2.76. The molecule has 0 saturated heterocycles. The molecule has 0 radical (unpaired) electrons. The lowest BCUT2D eigenvalue weighted by atomic mass is 9.81. The zero-order valence-corrected chi connectivity index (χ0v) is 18.8. The summed E-state index contributed by atoms with van der Waals surface area (Å²) in [7, 11) is 0. The number of benzene rings is 1. The second kappa shape index (κ2) is 11.0. The van der Waals surface area contributed by atoms with Gasteiger partial charge in [0, 0.05) is 0 Å². The lowest BCUT2D eigenvalue weighted by Crippen LogP contribution is -2.24. The van der Waals surface area contributed by atoms with Crippen LogP contribution in [0.4, 0.5) is 0 Å². The van der Waals surface area contributed by atoms with Gasteiger partial charge in [0.05, 0.1) is 5.56 Å². The van der Waals surface area contributed by atoms with Gasteiger partial charge in [-0.1, -0.05) is 58.2 Å². The van der Waals surface area contributed by atoms with Crippen LogP contribution in [0.2, 0.25) is 0 Å². The van der Waals surface area contributed by atoms with Crippen molar-refractivity contribution in [1.29, 1.82) is 0 Å². The third kappa shape index (κ3) is 6.46. The van der Waals surface area contributed by atoms with E-state index in [-0.39, 0.29) is 12.1 Å². The van der Waals surface area contributed by atoms with Crippen molar-refractivity contribution in [3.8, 4) is 0 Å². The van der Waals surface area contributed by atoms with Gasteiger partial charge in [0.2, 0.25) is 0 Å². The minimum Gasteiger partial charge on any atom is -0.459 e. The predicted octanol–water partition coefficient (Wildman–Crippen LogP) is 7.82. The first kappa shape index (κ1) is 22.1. The molecule has 1 aromatic rings. The Kier molecular flexibility index (Phi) is 8.39. The zero-order chi connectivity index (χ0) is 20.6. The van der Waals surface area contributed by atoms with Gasteiger partial charge in [-0.3, -0.25) is 0 Å². The number of ether oxygens (including phenoxy) is 1. The highest BCUT2D eigenvalue weighted by atomic mass is 16.5. The SMILES string of the molecule is CCCC1CCC(OC(=O)c2ccc(C3=CCC(CC(C)CC)CC3)cc2)CC1. The zero-order valence-electron chi connectivity index (χ0n) is 18.8. The standard InChI is InChI=1S/C27H40O2/c1-4-6-21-9-17-26(18-10-21)29-27(28)25-15-13-24(14-16-25)23-11-7-22(8-12-23)19-20(3)5-2/h11,13-16,20-22,26H,4-10,12,17-19H2,1-3H3. The molecule has 2 nitrogen and oxygen atoms in total. The van der Waals surface area contributed by atoms with Crippen LogP contribution >= 0.6 is 0 Å². The van der Waals surface area contributed by atoms with Crippen LogP contribution in [-0.2, 0) is 4.74 Å². The minimum atomic E-state index is -0.151. The summed E-state index contributed by atoms with van der Waals surface area (Å²) in [5.41, 5.74) is 3.40. The topological polar surface area (TPSA) is 26.3 Å². The third-order valence-corrected chi connectivity index (χ3v) is 7.21. The van der Waals surface area contributed by atoms with E-state index < -0.39 is 0 Å². The summed E-state index contributed by atoms with van der Waals surface area (Å²) in [4.78, 5) is 12.5. The highest BCUT2D eigenvalue weighted by Gasteiger charge is 2.24. The van der Waals surface area contributed by atoms with Gasteiger partial charge in [0.1, 0.15) is 6.10 Å². The van der Waals surface area contributed by atoms with E-state index in [4.69, 9.17) is 4.74 Å². The molecule has 0 N–H and O–H groups in total. The summed E-state index contributed by atoms with van der Waals surface area (Å²) in [5, 5.41) is 0. The predicted molar refractivity (Wildman–Crippen MR) is 122 cm³/mol. The van der Waals surface area contributed by atoms with E-state index in [1.807, 2.05) is 12.1 Å². The largest absolute Gasteiger partial charge is 0.459 e. The Balaban J connectivity index is 1.49. The quantitative estimate of drug-likeness (QED) is 0.419. The first-order chi connectivity index (χ1) is 14.1. The van der Waals surface area contributed by atoms with Crippen molar-refractivity contribution < 1.29 is 9.53 Å². The molecule has 2 aliphatic rings. The average molecular weight is 397 g/mol. The molecule has 1 saturated carbocycles. The maximum atomic E-state index is 12.5. The molecule has 0 aliphatic heterocycles. The van der Waals surface area contributed by atoms with Gasteiger partial charge < -0.3 is 4.74 Å². The van der Waals surface area contributed by atoms with E-state index in [9.17, 15) is 4.79 Å². The number of allylic oxidation sites excluding steroid dienone is 2. The van der Waals surface area contributed by atoms with E-state index in [2.05, 4.69) is 39.0 Å². The summed E-state index contributed by atoms with van der Waals surface area (Å²) in [6.45, 7) is 6.91. The van der Waals surface area contributed by atoms with Gasteiger partial charge in [-0.15, -0.1) is 0 Å². The fourth-order valence-electron chi connectivity index (χ4n) is 5.09. The highest BCUT2D eigenvalue weighted by Crippen LogP contribution is 2.34. The fourth-order valence-corrected chi connectivity index (χ4v) is 5.09. The molecular formula is C27H40O2. The summed E-state index contributed by atoms with van der Waals surface area (Å²) >= 11 is 0. The van der Waals surface area contributed by atoms with Gasteiger partial charge in [0.25, 0.3) is 0 Å². The van der Waals surface area contributed by atoms with Crippen LogP contribution in [0, 0.1) is 17.8 Å². The van der Waals surface area contributed by atoms with Crippen molar-refractivity contribution in [3.05, 3.63) is 41.5 Å². The van der Waals surface area contributed by atoms with Crippen molar-refractivity contribution in [2.45, 2.75) is 97.5 Å². The molecule has 0 amide bonds. The Bertz CT molecular complexity index is 664. The van der Waals surface area contributed by atoms with Crippen LogP contribution < -0.4 is 0 Å². The number of rotatable bonds is 8. The Morgan fingerprint density at radius 2 is 1.76 bits per heavy atom. The molecule has 2 atom stereocenters. The molecule has 0 spiro atoms. The van der Waals surface area contributed by atoms with Crippen LogP contribution in [0.5, 0.6) is 0 Å². The lowest BCUT2D eigenvalue weighted by molar-refractivity contribution is 0.0161. The second-order valence-electron chi connectivity index (χ2n) is 9.53. The van der Waals surface area contributed by atoms with E-state index in [1.54, 1.807) is 0 Å². The first-order valence-corrected chi connectivity index (χ1v) is 12.1. The number of carbonyl (C=O) groups is 1. The molecule has 3 rings (SSSR count). The van der Waals surface area contributed by atoms with Gasteiger partial charge >= 0.3 is 5.97 Å². The summed E-state index contributed by atoms with van der Waals surface area (Å²) in [6, 6.07) is 8.12. The molecule has 0 heterocycles. The van der Waals surface area contributed by atoms with Crippen LogP contribution in [0.15, 0.2) is 30.3 Å². The van der Waals surface area contributed by atoms with Gasteiger partial charge in [-0.25, -0.2) is 4.79 Å². The summed E-state index contributed by atoms with van der Waals surface area (Å²) in [5.74, 6) is 2.36. The van der Waals surface area contributed by atoms with Crippen LogP contribution in [-0.4, -0.2) is 12.1 Å². The maximum Gasteiger partial charge on any atom is 0.338 e. The fraction of sp³-hybridized carbons (Fsp3) is 0.667. The number of hydrogen-bond donors (Lipinski definition) is 0. The van der Waals surface area contributed by atoms with E-state index in [1.165, 1.54) is 62.5 Å². The van der Waals surface area contributed by atoms with Gasteiger partial charge in [0.15, 0.2) is 0 Å². The van der Waals surface area contributed by atoms with Crippen molar-refractivity contribution in [2.24, 2.45) is 17.8 Å². The Labute approximate surface area is 178 Å². The Morgan fingerprint density at radius 3 is 2.34 bits per heavy atom. The molecule has 1 aromatic carbocycles. The molecule has 1 fully saturated rings. The van der Waals surface area contributed by atoms with Crippen molar-refractivity contribution >= 4 is 11.5 Å². The van der Waals surface area contributed by atoms with Crippen LogP contribution in [0.3, 0.4) is 0 Å². The van der Waals surface area contributed by atoms with Gasteiger partial charge in [-0.05, 0) is 92.4 Å². The monoisotopic (exact) mass is 396 g/mol. The maximum absolute atomic E-state index is 12.5. The number of esters is 1. The molecule has 2 heteroatoms. The molecule has 0 bridgehead atoms. The molecule has 160 valence electrons. The molecule has 2 unspecified atom stereocenters.